The van der Waals surface area contributed by atoms with Gasteiger partial charge in [0.15, 0.2) is 0 Å². The lowest BCUT2D eigenvalue weighted by Crippen LogP contribution is -2.36. The van der Waals surface area contributed by atoms with Gasteiger partial charge in [0.05, 0.1) is 0 Å². The molecule has 0 aromatic heterocycles. The van der Waals surface area contributed by atoms with Gasteiger partial charge in [-0.3, -0.25) is 9.59 Å². The third-order valence-electron chi connectivity index (χ3n) is 3.65. The summed E-state index contributed by atoms with van der Waals surface area (Å²) in [7, 11) is 0. The van der Waals surface area contributed by atoms with E-state index in [0.717, 1.165) is 18.4 Å². The van der Waals surface area contributed by atoms with Crippen LogP contribution in [0, 0.1) is 5.92 Å². The second kappa shape index (κ2) is 6.75. The Kier molecular flexibility index (Phi) is 5.01. The largest absolute Gasteiger partial charge is 0.480 e. The molecule has 5 heteroatoms. The number of hydrogen-bond acceptors (Lipinski definition) is 2. The van der Waals surface area contributed by atoms with Crippen LogP contribution in [0.1, 0.15) is 31.2 Å². The van der Waals surface area contributed by atoms with Crippen LogP contribution in [0.3, 0.4) is 0 Å². The van der Waals surface area contributed by atoms with Crippen molar-refractivity contribution in [2.45, 2.75) is 32.2 Å². The Morgan fingerprint density at radius 3 is 2.40 bits per heavy atom. The molecule has 0 aliphatic heterocycles. The van der Waals surface area contributed by atoms with Gasteiger partial charge in [-0.15, -0.1) is 0 Å². The zero-order valence-corrected chi connectivity index (χ0v) is 12.0. The number of rotatable bonds is 6. The summed E-state index contributed by atoms with van der Waals surface area (Å²) in [5.74, 6) is -0.628. The molecule has 0 heterocycles. The molecule has 4 nitrogen and oxygen atoms in total. The molecule has 1 N–H and O–H groups in total. The lowest BCUT2D eigenvalue weighted by Gasteiger charge is -2.28. The summed E-state index contributed by atoms with van der Waals surface area (Å²) in [6.45, 7) is 0.0587. The van der Waals surface area contributed by atoms with Crippen LogP contribution in [0.4, 0.5) is 0 Å². The number of hydrogen-bond donors (Lipinski definition) is 1. The molecule has 0 saturated heterocycles. The van der Waals surface area contributed by atoms with E-state index in [4.69, 9.17) is 16.7 Å². The molecule has 1 saturated carbocycles. The van der Waals surface area contributed by atoms with E-state index < -0.39 is 5.97 Å². The van der Waals surface area contributed by atoms with Crippen LogP contribution < -0.4 is 0 Å². The number of halogens is 1. The Morgan fingerprint density at radius 1 is 1.25 bits per heavy atom. The number of nitrogens with zero attached hydrogens (tertiary/aromatic N) is 1. The smallest absolute Gasteiger partial charge is 0.323 e. The van der Waals surface area contributed by atoms with E-state index in [9.17, 15) is 9.59 Å². The normalized spacial score (nSPS) is 14.7. The van der Waals surface area contributed by atoms with Gasteiger partial charge in [0.2, 0.25) is 5.91 Å². The predicted octanol–water partition coefficient (Wildman–Crippen LogP) is 2.94. The van der Waals surface area contributed by atoms with Crippen molar-refractivity contribution in [1.29, 1.82) is 0 Å². The quantitative estimate of drug-likeness (QED) is 0.878. The first-order chi connectivity index (χ1) is 9.54. The van der Waals surface area contributed by atoms with Gasteiger partial charge >= 0.3 is 5.97 Å². The number of benzene rings is 1. The number of carboxylic acids is 1. The van der Waals surface area contributed by atoms with Gasteiger partial charge in [-0.25, -0.2) is 0 Å². The number of carbonyl (C=O) groups is 2. The molecule has 1 aliphatic rings. The van der Waals surface area contributed by atoms with E-state index in [2.05, 4.69) is 0 Å². The Labute approximate surface area is 123 Å². The number of carbonyl (C=O) groups excluding carboxylic acids is 1. The third kappa shape index (κ3) is 4.23. The second-order valence-electron chi connectivity index (χ2n) is 5.27. The van der Waals surface area contributed by atoms with Gasteiger partial charge in [-0.05, 0) is 36.5 Å². The molecule has 1 aliphatic carbocycles. The maximum atomic E-state index is 12.2. The van der Waals surface area contributed by atoms with Crippen LogP contribution in [0.15, 0.2) is 24.3 Å². The molecule has 108 valence electrons. The topological polar surface area (TPSA) is 57.6 Å². The first kappa shape index (κ1) is 14.9. The molecule has 0 atom stereocenters. The van der Waals surface area contributed by atoms with Crippen molar-refractivity contribution in [3.8, 4) is 0 Å². The predicted molar refractivity (Wildman–Crippen MR) is 76.5 cm³/mol. The molecular weight excluding hydrogens is 278 g/mol. The number of aliphatic carboxylic acids is 1. The molecule has 2 rings (SSSR count). The van der Waals surface area contributed by atoms with Crippen LogP contribution in [-0.2, 0) is 16.1 Å². The first-order valence-electron chi connectivity index (χ1n) is 6.78. The molecule has 20 heavy (non-hydrogen) atoms. The average molecular weight is 296 g/mol. The molecule has 1 amide bonds. The molecule has 0 bridgehead atoms. The number of carboxylic acid groups (broad SMARTS) is 1. The van der Waals surface area contributed by atoms with Crippen LogP contribution in [0.5, 0.6) is 0 Å². The molecule has 1 aromatic rings. The van der Waals surface area contributed by atoms with Crippen molar-refractivity contribution >= 4 is 23.5 Å². The van der Waals surface area contributed by atoms with Crippen molar-refractivity contribution in [1.82, 2.24) is 4.90 Å². The van der Waals surface area contributed by atoms with Crippen molar-refractivity contribution in [3.05, 3.63) is 34.9 Å². The minimum atomic E-state index is -0.985. The lowest BCUT2D eigenvalue weighted by atomic mass is 9.82. The van der Waals surface area contributed by atoms with Gasteiger partial charge in [-0.1, -0.05) is 30.2 Å². The summed E-state index contributed by atoms with van der Waals surface area (Å²) < 4.78 is 0. The zero-order chi connectivity index (χ0) is 14.5. The van der Waals surface area contributed by atoms with Gasteiger partial charge in [0, 0.05) is 18.0 Å². The van der Waals surface area contributed by atoms with Crippen molar-refractivity contribution < 1.29 is 14.7 Å². The van der Waals surface area contributed by atoms with Gasteiger partial charge < -0.3 is 10.0 Å². The van der Waals surface area contributed by atoms with Crippen LogP contribution in [0.2, 0.25) is 5.02 Å². The molecular formula is C15H18ClNO3. The summed E-state index contributed by atoms with van der Waals surface area (Å²) in [5, 5.41) is 9.57. The van der Waals surface area contributed by atoms with Crippen LogP contribution in [-0.4, -0.2) is 28.4 Å². The fourth-order valence-corrected chi connectivity index (χ4v) is 2.40. The summed E-state index contributed by atoms with van der Waals surface area (Å²) >= 11 is 5.82. The summed E-state index contributed by atoms with van der Waals surface area (Å²) in [5.41, 5.74) is 0.887. The van der Waals surface area contributed by atoms with Gasteiger partial charge in [0.25, 0.3) is 0 Å². The average Bonchev–Trinajstić information content (AvgIpc) is 2.35. The summed E-state index contributed by atoms with van der Waals surface area (Å²) in [6, 6.07) is 7.11. The summed E-state index contributed by atoms with van der Waals surface area (Å²) in [4.78, 5) is 24.5. The summed E-state index contributed by atoms with van der Waals surface area (Å²) in [6.07, 6.45) is 3.79. The maximum absolute atomic E-state index is 12.2. The SMILES string of the molecule is O=C(O)CN(Cc1ccc(Cl)cc1)C(=O)CC1CCC1. The van der Waals surface area contributed by atoms with E-state index in [0.29, 0.717) is 23.9 Å². The van der Waals surface area contributed by atoms with E-state index in [1.165, 1.54) is 11.3 Å². The minimum Gasteiger partial charge on any atom is -0.480 e. The van der Waals surface area contributed by atoms with Crippen LogP contribution in [0.25, 0.3) is 0 Å². The van der Waals surface area contributed by atoms with E-state index in [1.54, 1.807) is 12.1 Å². The molecule has 0 spiro atoms. The Bertz CT molecular complexity index is 482. The Hall–Kier alpha value is -1.55. The number of amides is 1. The van der Waals surface area contributed by atoms with Crippen molar-refractivity contribution in [2.24, 2.45) is 5.92 Å². The maximum Gasteiger partial charge on any atom is 0.323 e. The highest BCUT2D eigenvalue weighted by molar-refractivity contribution is 6.30. The highest BCUT2D eigenvalue weighted by Gasteiger charge is 2.25. The molecule has 0 radical (unpaired) electrons. The van der Waals surface area contributed by atoms with E-state index >= 15 is 0 Å². The minimum absolute atomic E-state index is 0.0768. The fraction of sp³-hybridized carbons (Fsp3) is 0.467. The molecule has 0 unspecified atom stereocenters. The fourth-order valence-electron chi connectivity index (χ4n) is 2.28. The van der Waals surface area contributed by atoms with Gasteiger partial charge in [-0.2, -0.15) is 0 Å². The van der Waals surface area contributed by atoms with Crippen molar-refractivity contribution in [2.75, 3.05) is 6.54 Å². The van der Waals surface area contributed by atoms with E-state index in [-0.39, 0.29) is 12.5 Å². The molecule has 1 fully saturated rings. The lowest BCUT2D eigenvalue weighted by molar-refractivity contribution is -0.145. The Morgan fingerprint density at radius 2 is 1.90 bits per heavy atom. The standard InChI is InChI=1S/C15H18ClNO3/c16-13-6-4-12(5-7-13)9-17(10-15(19)20)14(18)8-11-2-1-3-11/h4-7,11H,1-3,8-10H2,(H,19,20). The third-order valence-corrected chi connectivity index (χ3v) is 3.91. The first-order valence-corrected chi connectivity index (χ1v) is 7.16. The van der Waals surface area contributed by atoms with Crippen LogP contribution >= 0.6 is 11.6 Å². The zero-order valence-electron chi connectivity index (χ0n) is 11.2. The Balaban J connectivity index is 1.99. The highest BCUT2D eigenvalue weighted by atomic mass is 35.5. The van der Waals surface area contributed by atoms with Gasteiger partial charge in [0.1, 0.15) is 6.54 Å². The second-order valence-corrected chi connectivity index (χ2v) is 5.71. The highest BCUT2D eigenvalue weighted by Crippen LogP contribution is 2.30. The van der Waals surface area contributed by atoms with Crippen molar-refractivity contribution in [3.63, 3.8) is 0 Å². The monoisotopic (exact) mass is 295 g/mol. The molecule has 1 aromatic carbocycles. The van der Waals surface area contributed by atoms with E-state index in [1.807, 2.05) is 12.1 Å².